The normalized spacial score (nSPS) is 10.4. The highest BCUT2D eigenvalue weighted by molar-refractivity contribution is 5.78. The highest BCUT2D eigenvalue weighted by Crippen LogP contribution is 2.34. The number of benzene rings is 3. The van der Waals surface area contributed by atoms with Gasteiger partial charge in [0.15, 0.2) is 0 Å². The molecule has 0 aliphatic carbocycles. The maximum absolute atomic E-state index is 4.20. The van der Waals surface area contributed by atoms with Gasteiger partial charge in [-0.05, 0) is 53.6 Å². The largest absolute Gasteiger partial charge is 0.311 e. The molecule has 0 amide bonds. The van der Waals surface area contributed by atoms with Gasteiger partial charge in [-0.15, -0.1) is 0 Å². The number of hydrogen-bond donors (Lipinski definition) is 0. The first-order valence-electron chi connectivity index (χ1n) is 8.32. The lowest BCUT2D eigenvalue weighted by Crippen LogP contribution is -2.09. The lowest BCUT2D eigenvalue weighted by molar-refractivity contribution is 1.28. The Bertz CT molecular complexity index is 878. The lowest BCUT2D eigenvalue weighted by Gasteiger charge is -2.25. The molecule has 0 atom stereocenters. The molecule has 4 aromatic rings. The molecule has 3 aromatic carbocycles. The van der Waals surface area contributed by atoms with Crippen LogP contribution in [-0.2, 0) is 0 Å². The fourth-order valence-corrected chi connectivity index (χ4v) is 2.94. The summed E-state index contributed by atoms with van der Waals surface area (Å²) >= 11 is 0. The van der Waals surface area contributed by atoms with Gasteiger partial charge in [0.1, 0.15) is 0 Å². The molecule has 0 radical (unpaired) electrons. The molecular weight excluding hydrogens is 304 g/mol. The van der Waals surface area contributed by atoms with Crippen molar-refractivity contribution in [2.45, 2.75) is 0 Å². The van der Waals surface area contributed by atoms with E-state index in [2.05, 4.69) is 88.7 Å². The Morgan fingerprint density at radius 3 is 1.56 bits per heavy atom. The van der Waals surface area contributed by atoms with Crippen molar-refractivity contribution in [1.82, 2.24) is 4.98 Å². The molecular formula is C23H18N2. The summed E-state index contributed by atoms with van der Waals surface area (Å²) < 4.78 is 0. The molecule has 0 saturated heterocycles. The Morgan fingerprint density at radius 1 is 0.480 bits per heavy atom. The summed E-state index contributed by atoms with van der Waals surface area (Å²) in [6, 6.07) is 33.5. The fraction of sp³-hybridized carbons (Fsp3) is 0. The summed E-state index contributed by atoms with van der Waals surface area (Å²) in [4.78, 5) is 6.46. The van der Waals surface area contributed by atoms with E-state index in [9.17, 15) is 0 Å². The lowest BCUT2D eigenvalue weighted by atomic mass is 10.1. The van der Waals surface area contributed by atoms with E-state index in [4.69, 9.17) is 0 Å². The monoisotopic (exact) mass is 322 g/mol. The predicted octanol–water partition coefficient (Wildman–Crippen LogP) is 6.22. The van der Waals surface area contributed by atoms with Crippen LogP contribution in [0.2, 0.25) is 0 Å². The minimum Gasteiger partial charge on any atom is -0.311 e. The summed E-state index contributed by atoms with van der Waals surface area (Å²) in [6.07, 6.45) is 3.69. The van der Waals surface area contributed by atoms with Gasteiger partial charge in [0.2, 0.25) is 0 Å². The van der Waals surface area contributed by atoms with E-state index in [1.807, 2.05) is 24.4 Å². The highest BCUT2D eigenvalue weighted by atomic mass is 15.1. The summed E-state index contributed by atoms with van der Waals surface area (Å²) in [5.41, 5.74) is 5.70. The van der Waals surface area contributed by atoms with Crippen LogP contribution in [0.1, 0.15) is 0 Å². The molecule has 0 aliphatic heterocycles. The third kappa shape index (κ3) is 3.29. The van der Waals surface area contributed by atoms with Crippen LogP contribution >= 0.6 is 0 Å². The van der Waals surface area contributed by atoms with Crippen LogP contribution in [0.3, 0.4) is 0 Å². The van der Waals surface area contributed by atoms with Crippen molar-refractivity contribution in [2.24, 2.45) is 0 Å². The maximum atomic E-state index is 4.20. The molecule has 0 aliphatic rings. The number of anilines is 3. The maximum Gasteiger partial charge on any atom is 0.0462 e. The zero-order valence-electron chi connectivity index (χ0n) is 13.8. The highest BCUT2D eigenvalue weighted by Gasteiger charge is 2.11. The molecule has 0 unspecified atom stereocenters. The third-order valence-corrected chi connectivity index (χ3v) is 4.15. The summed E-state index contributed by atoms with van der Waals surface area (Å²) in [5, 5.41) is 0. The number of hydrogen-bond acceptors (Lipinski definition) is 2. The van der Waals surface area contributed by atoms with Crippen molar-refractivity contribution in [2.75, 3.05) is 4.90 Å². The Labute approximate surface area is 148 Å². The average Bonchev–Trinajstić information content (AvgIpc) is 2.71. The van der Waals surface area contributed by atoms with Crippen molar-refractivity contribution >= 4 is 17.1 Å². The zero-order valence-corrected chi connectivity index (χ0v) is 13.8. The molecule has 25 heavy (non-hydrogen) atoms. The van der Waals surface area contributed by atoms with Crippen LogP contribution in [0.25, 0.3) is 11.1 Å². The van der Waals surface area contributed by atoms with Gasteiger partial charge >= 0.3 is 0 Å². The van der Waals surface area contributed by atoms with Gasteiger partial charge in [-0.3, -0.25) is 4.98 Å². The minimum absolute atomic E-state index is 1.13. The van der Waals surface area contributed by atoms with E-state index >= 15 is 0 Å². The van der Waals surface area contributed by atoms with Gasteiger partial charge in [-0.25, -0.2) is 0 Å². The quantitative estimate of drug-likeness (QED) is 0.443. The van der Waals surface area contributed by atoms with Gasteiger partial charge in [-0.1, -0.05) is 54.6 Å². The predicted molar refractivity (Wildman–Crippen MR) is 104 cm³/mol. The summed E-state index contributed by atoms with van der Waals surface area (Å²) in [5.74, 6) is 0. The molecule has 0 bridgehead atoms. The number of nitrogens with zero attached hydrogens (tertiary/aromatic N) is 2. The van der Waals surface area contributed by atoms with Crippen molar-refractivity contribution in [3.05, 3.63) is 109 Å². The minimum atomic E-state index is 1.13. The summed E-state index contributed by atoms with van der Waals surface area (Å²) in [7, 11) is 0. The second-order valence-corrected chi connectivity index (χ2v) is 5.80. The molecule has 120 valence electrons. The molecule has 1 aromatic heterocycles. The van der Waals surface area contributed by atoms with Gasteiger partial charge < -0.3 is 4.90 Å². The van der Waals surface area contributed by atoms with Crippen LogP contribution in [0, 0.1) is 0 Å². The third-order valence-electron chi connectivity index (χ3n) is 4.15. The fourth-order valence-electron chi connectivity index (χ4n) is 2.94. The molecule has 2 heteroatoms. The van der Waals surface area contributed by atoms with E-state index < -0.39 is 0 Å². The summed E-state index contributed by atoms with van der Waals surface area (Å²) in [6.45, 7) is 0. The molecule has 0 spiro atoms. The number of aromatic nitrogens is 1. The van der Waals surface area contributed by atoms with Crippen LogP contribution in [0.5, 0.6) is 0 Å². The van der Waals surface area contributed by atoms with Crippen molar-refractivity contribution in [3.8, 4) is 11.1 Å². The molecule has 1 heterocycles. The molecule has 2 nitrogen and oxygen atoms in total. The van der Waals surface area contributed by atoms with Crippen LogP contribution in [0.15, 0.2) is 109 Å². The Hall–Kier alpha value is -3.39. The second-order valence-electron chi connectivity index (χ2n) is 5.80. The first-order chi connectivity index (χ1) is 12.4. The molecule has 0 fully saturated rings. The van der Waals surface area contributed by atoms with Gasteiger partial charge in [0.05, 0.1) is 0 Å². The average molecular weight is 322 g/mol. The number of para-hydroxylation sites is 2. The number of rotatable bonds is 4. The van der Waals surface area contributed by atoms with Crippen LogP contribution in [-0.4, -0.2) is 4.98 Å². The van der Waals surface area contributed by atoms with Crippen molar-refractivity contribution < 1.29 is 0 Å². The van der Waals surface area contributed by atoms with E-state index in [0.29, 0.717) is 0 Å². The van der Waals surface area contributed by atoms with E-state index in [1.165, 1.54) is 0 Å². The molecule has 4 rings (SSSR count). The van der Waals surface area contributed by atoms with Crippen molar-refractivity contribution in [1.29, 1.82) is 0 Å². The first-order valence-corrected chi connectivity index (χ1v) is 8.32. The van der Waals surface area contributed by atoms with E-state index in [0.717, 1.165) is 28.2 Å². The zero-order chi connectivity index (χ0) is 16.9. The van der Waals surface area contributed by atoms with Gasteiger partial charge in [0.25, 0.3) is 0 Å². The molecule has 0 saturated carbocycles. The van der Waals surface area contributed by atoms with Gasteiger partial charge in [-0.2, -0.15) is 0 Å². The van der Waals surface area contributed by atoms with Gasteiger partial charge in [0, 0.05) is 29.5 Å². The number of pyridine rings is 1. The van der Waals surface area contributed by atoms with Crippen LogP contribution < -0.4 is 4.90 Å². The Kier molecular flexibility index (Phi) is 4.25. The van der Waals surface area contributed by atoms with E-state index in [-0.39, 0.29) is 0 Å². The SMILES string of the molecule is c1ccc(N(c2ccccc2)c2ccc(-c3cccnc3)cc2)cc1. The standard InChI is InChI=1S/C23H18N2/c1-3-9-21(10-4-1)25(22-11-5-2-6-12-22)23-15-13-19(14-16-23)20-8-7-17-24-18-20/h1-18H. The topological polar surface area (TPSA) is 16.1 Å². The van der Waals surface area contributed by atoms with E-state index in [1.54, 1.807) is 6.20 Å². The smallest absolute Gasteiger partial charge is 0.0462 e. The Balaban J connectivity index is 1.75. The van der Waals surface area contributed by atoms with Crippen LogP contribution in [0.4, 0.5) is 17.1 Å². The molecule has 0 N–H and O–H groups in total. The van der Waals surface area contributed by atoms with Crippen molar-refractivity contribution in [3.63, 3.8) is 0 Å². The second kappa shape index (κ2) is 7.02. The first kappa shape index (κ1) is 15.2. The Morgan fingerprint density at radius 2 is 1.04 bits per heavy atom.